The summed E-state index contributed by atoms with van der Waals surface area (Å²) in [7, 11) is 3.12. The van der Waals surface area contributed by atoms with Crippen molar-refractivity contribution >= 4 is 23.3 Å². The SMILES string of the molecule is COCCCNC(=O)CN1C(=O)COc2ccc(C(=O)COc3ccc(C)cc3OC)cc21. The molecule has 0 spiro atoms. The number of hydrogen-bond donors (Lipinski definition) is 1. The average molecular weight is 456 g/mol. The smallest absolute Gasteiger partial charge is 0.265 e. The first kappa shape index (κ1) is 24.1. The lowest BCUT2D eigenvalue weighted by molar-refractivity contribution is -0.125. The first-order valence-corrected chi connectivity index (χ1v) is 10.6. The minimum atomic E-state index is -0.361. The maximum Gasteiger partial charge on any atom is 0.265 e. The van der Waals surface area contributed by atoms with Crippen LogP contribution in [0.5, 0.6) is 17.2 Å². The number of carbonyl (C=O) groups is 3. The van der Waals surface area contributed by atoms with E-state index in [2.05, 4.69) is 5.32 Å². The Morgan fingerprint density at radius 1 is 1.12 bits per heavy atom. The number of amides is 2. The van der Waals surface area contributed by atoms with E-state index in [1.807, 2.05) is 19.1 Å². The molecule has 1 heterocycles. The molecule has 1 aliphatic rings. The molecule has 0 aliphatic carbocycles. The molecule has 33 heavy (non-hydrogen) atoms. The van der Waals surface area contributed by atoms with Gasteiger partial charge in [0, 0.05) is 25.8 Å². The van der Waals surface area contributed by atoms with Crippen molar-refractivity contribution in [1.29, 1.82) is 0 Å². The van der Waals surface area contributed by atoms with E-state index in [1.54, 1.807) is 31.4 Å². The van der Waals surface area contributed by atoms with Crippen molar-refractivity contribution in [2.75, 3.05) is 52.0 Å². The molecule has 0 aromatic heterocycles. The number of ether oxygens (including phenoxy) is 4. The fraction of sp³-hybridized carbons (Fsp3) is 0.375. The zero-order valence-electron chi connectivity index (χ0n) is 19.0. The summed E-state index contributed by atoms with van der Waals surface area (Å²) >= 11 is 0. The molecule has 2 aromatic rings. The highest BCUT2D eigenvalue weighted by atomic mass is 16.5. The van der Waals surface area contributed by atoms with Gasteiger partial charge in [0.2, 0.25) is 5.91 Å². The third kappa shape index (κ3) is 6.23. The number of hydrogen-bond acceptors (Lipinski definition) is 7. The van der Waals surface area contributed by atoms with Crippen LogP contribution in [0.4, 0.5) is 5.69 Å². The Morgan fingerprint density at radius 2 is 1.94 bits per heavy atom. The monoisotopic (exact) mass is 456 g/mol. The topological polar surface area (TPSA) is 103 Å². The maximum atomic E-state index is 12.8. The lowest BCUT2D eigenvalue weighted by Gasteiger charge is -2.29. The fourth-order valence-corrected chi connectivity index (χ4v) is 3.31. The second-order valence-electron chi connectivity index (χ2n) is 7.51. The lowest BCUT2D eigenvalue weighted by atomic mass is 10.1. The number of benzene rings is 2. The molecule has 1 aliphatic heterocycles. The zero-order valence-corrected chi connectivity index (χ0v) is 19.0. The Morgan fingerprint density at radius 3 is 2.70 bits per heavy atom. The van der Waals surface area contributed by atoms with E-state index in [0.29, 0.717) is 48.1 Å². The number of aryl methyl sites for hydroxylation is 1. The lowest BCUT2D eigenvalue weighted by Crippen LogP contribution is -2.45. The van der Waals surface area contributed by atoms with Crippen LogP contribution in [0.25, 0.3) is 0 Å². The summed E-state index contributed by atoms with van der Waals surface area (Å²) in [5.74, 6) is 0.468. The first-order valence-electron chi connectivity index (χ1n) is 10.6. The van der Waals surface area contributed by atoms with Crippen LogP contribution in [0.15, 0.2) is 36.4 Å². The van der Waals surface area contributed by atoms with Crippen LogP contribution in [0.3, 0.4) is 0 Å². The summed E-state index contributed by atoms with van der Waals surface area (Å²) in [4.78, 5) is 38.8. The van der Waals surface area contributed by atoms with Gasteiger partial charge in [0.25, 0.3) is 5.91 Å². The van der Waals surface area contributed by atoms with Gasteiger partial charge in [-0.15, -0.1) is 0 Å². The summed E-state index contributed by atoms with van der Waals surface area (Å²) in [5, 5.41) is 2.75. The Balaban J connectivity index is 1.70. The average Bonchev–Trinajstić information content (AvgIpc) is 2.82. The first-order chi connectivity index (χ1) is 15.9. The Labute approximate surface area is 192 Å². The van der Waals surface area contributed by atoms with E-state index in [-0.39, 0.29) is 37.4 Å². The van der Waals surface area contributed by atoms with Gasteiger partial charge in [-0.25, -0.2) is 0 Å². The van der Waals surface area contributed by atoms with E-state index >= 15 is 0 Å². The molecule has 0 radical (unpaired) electrons. The molecular formula is C24H28N2O7. The second-order valence-corrected chi connectivity index (χ2v) is 7.51. The van der Waals surface area contributed by atoms with Crippen molar-refractivity contribution in [2.24, 2.45) is 0 Å². The number of methoxy groups -OCH3 is 2. The van der Waals surface area contributed by atoms with Gasteiger partial charge in [-0.3, -0.25) is 19.3 Å². The molecule has 0 unspecified atom stereocenters. The summed E-state index contributed by atoms with van der Waals surface area (Å²) in [6.45, 7) is 2.34. The van der Waals surface area contributed by atoms with Crippen molar-refractivity contribution in [1.82, 2.24) is 5.32 Å². The van der Waals surface area contributed by atoms with Gasteiger partial charge in [-0.2, -0.15) is 0 Å². The van der Waals surface area contributed by atoms with Gasteiger partial charge in [0.1, 0.15) is 12.3 Å². The van der Waals surface area contributed by atoms with Crippen LogP contribution in [0.1, 0.15) is 22.3 Å². The van der Waals surface area contributed by atoms with Crippen molar-refractivity contribution in [2.45, 2.75) is 13.3 Å². The van der Waals surface area contributed by atoms with Crippen molar-refractivity contribution < 1.29 is 33.3 Å². The van der Waals surface area contributed by atoms with Crippen molar-refractivity contribution in [3.8, 4) is 17.2 Å². The number of carbonyl (C=O) groups excluding carboxylic acids is 3. The highest BCUT2D eigenvalue weighted by Gasteiger charge is 2.28. The number of Topliss-reactive ketones (excluding diaryl/α,β-unsaturated/α-hetero) is 1. The van der Waals surface area contributed by atoms with Gasteiger partial charge < -0.3 is 24.3 Å². The third-order valence-corrected chi connectivity index (χ3v) is 5.05. The molecular weight excluding hydrogens is 428 g/mol. The normalized spacial score (nSPS) is 12.6. The van der Waals surface area contributed by atoms with Crippen LogP contribution in [0, 0.1) is 6.92 Å². The number of fused-ring (bicyclic) bond motifs is 1. The number of ketones is 1. The highest BCUT2D eigenvalue weighted by molar-refractivity contribution is 6.04. The standard InChI is InChI=1S/C24H28N2O7/c1-16-5-7-21(22(11-16)31-3)32-14-19(27)17-6-8-20-18(12-17)26(24(29)15-33-20)13-23(28)25-9-4-10-30-2/h5-8,11-12H,4,9-10,13-15H2,1-3H3,(H,25,28). The summed E-state index contributed by atoms with van der Waals surface area (Å²) < 4.78 is 21.4. The second kappa shape index (κ2) is 11.3. The van der Waals surface area contributed by atoms with Gasteiger partial charge in [0.05, 0.1) is 12.8 Å². The van der Waals surface area contributed by atoms with Crippen molar-refractivity contribution in [3.05, 3.63) is 47.5 Å². The van der Waals surface area contributed by atoms with E-state index in [4.69, 9.17) is 18.9 Å². The molecule has 0 saturated carbocycles. The van der Waals surface area contributed by atoms with Gasteiger partial charge in [-0.1, -0.05) is 6.07 Å². The molecule has 9 heteroatoms. The van der Waals surface area contributed by atoms with Crippen LogP contribution in [-0.2, 0) is 14.3 Å². The Kier molecular flexibility index (Phi) is 8.26. The predicted molar refractivity (Wildman–Crippen MR) is 121 cm³/mol. The fourth-order valence-electron chi connectivity index (χ4n) is 3.31. The van der Waals surface area contributed by atoms with E-state index in [0.717, 1.165) is 5.56 Å². The van der Waals surface area contributed by atoms with Gasteiger partial charge in [0.15, 0.2) is 30.5 Å². The summed E-state index contributed by atoms with van der Waals surface area (Å²) in [5.41, 5.74) is 1.72. The summed E-state index contributed by atoms with van der Waals surface area (Å²) in [6, 6.07) is 10.2. The molecule has 0 atom stereocenters. The van der Waals surface area contributed by atoms with E-state index in [1.165, 1.54) is 12.0 Å². The minimum Gasteiger partial charge on any atom is -0.493 e. The highest BCUT2D eigenvalue weighted by Crippen LogP contribution is 2.33. The maximum absolute atomic E-state index is 12.8. The molecule has 2 amide bonds. The number of nitrogens with zero attached hydrogens (tertiary/aromatic N) is 1. The predicted octanol–water partition coefficient (Wildman–Crippen LogP) is 2.14. The molecule has 0 fully saturated rings. The summed E-state index contributed by atoms with van der Waals surface area (Å²) in [6.07, 6.45) is 0.667. The molecule has 176 valence electrons. The van der Waals surface area contributed by atoms with Crippen LogP contribution in [-0.4, -0.2) is 64.7 Å². The number of anilines is 1. The largest absolute Gasteiger partial charge is 0.493 e. The van der Waals surface area contributed by atoms with Gasteiger partial charge in [-0.05, 0) is 49.2 Å². The van der Waals surface area contributed by atoms with Crippen LogP contribution in [0.2, 0.25) is 0 Å². The number of nitrogens with one attached hydrogen (secondary N) is 1. The zero-order chi connectivity index (χ0) is 23.8. The Hall–Kier alpha value is -3.59. The third-order valence-electron chi connectivity index (χ3n) is 5.05. The van der Waals surface area contributed by atoms with Crippen molar-refractivity contribution in [3.63, 3.8) is 0 Å². The van der Waals surface area contributed by atoms with Crippen LogP contribution < -0.4 is 24.4 Å². The molecule has 2 aromatic carbocycles. The van der Waals surface area contributed by atoms with E-state index < -0.39 is 0 Å². The molecule has 1 N–H and O–H groups in total. The Bertz CT molecular complexity index is 1020. The molecule has 0 bridgehead atoms. The molecule has 3 rings (SSSR count). The number of rotatable bonds is 11. The van der Waals surface area contributed by atoms with E-state index in [9.17, 15) is 14.4 Å². The molecule has 9 nitrogen and oxygen atoms in total. The van der Waals surface area contributed by atoms with Gasteiger partial charge >= 0.3 is 0 Å². The van der Waals surface area contributed by atoms with Crippen LogP contribution >= 0.6 is 0 Å². The quantitative estimate of drug-likeness (QED) is 0.408. The minimum absolute atomic E-state index is 0.170. The molecule has 0 saturated heterocycles.